The number of hydrogen-bond acceptors (Lipinski definition) is 0. The fourth-order valence-corrected chi connectivity index (χ4v) is 1.43. The van der Waals surface area contributed by atoms with E-state index < -0.39 is 6.17 Å². The van der Waals surface area contributed by atoms with E-state index in [2.05, 4.69) is 0 Å². The van der Waals surface area contributed by atoms with E-state index in [1.807, 2.05) is 0 Å². The van der Waals surface area contributed by atoms with Gasteiger partial charge in [-0.15, -0.1) is 0 Å². The Morgan fingerprint density at radius 1 is 1.56 bits per heavy atom. The molecule has 0 saturated heterocycles. The van der Waals surface area contributed by atoms with E-state index in [0.717, 1.165) is 0 Å². The molecule has 9 heavy (non-hydrogen) atoms. The van der Waals surface area contributed by atoms with Gasteiger partial charge in [-0.25, -0.2) is 8.78 Å². The Balaban J connectivity index is 2.72. The molecule has 0 radical (unpaired) electrons. The Morgan fingerprint density at radius 3 is 2.67 bits per heavy atom. The van der Waals surface area contributed by atoms with Crippen molar-refractivity contribution in [3.05, 3.63) is 9.41 Å². The molecular formula is C6H7F2I. The van der Waals surface area contributed by atoms with Crippen molar-refractivity contribution in [2.75, 3.05) is 0 Å². The van der Waals surface area contributed by atoms with Crippen LogP contribution in [0.5, 0.6) is 0 Å². The average Bonchev–Trinajstić information content (AvgIpc) is 1.83. The van der Waals surface area contributed by atoms with E-state index in [-0.39, 0.29) is 9.41 Å². The van der Waals surface area contributed by atoms with Crippen LogP contribution in [-0.4, -0.2) is 6.17 Å². The molecule has 0 aromatic rings. The lowest BCUT2D eigenvalue weighted by atomic mass is 10.1. The van der Waals surface area contributed by atoms with Crippen molar-refractivity contribution in [2.45, 2.75) is 25.4 Å². The van der Waals surface area contributed by atoms with Gasteiger partial charge in [0, 0.05) is 6.42 Å². The van der Waals surface area contributed by atoms with Gasteiger partial charge < -0.3 is 0 Å². The number of halogens is 3. The van der Waals surface area contributed by atoms with Crippen molar-refractivity contribution < 1.29 is 8.78 Å². The minimum absolute atomic E-state index is 0.255. The third kappa shape index (κ3) is 1.63. The van der Waals surface area contributed by atoms with Crippen LogP contribution in [0.3, 0.4) is 0 Å². The zero-order valence-electron chi connectivity index (χ0n) is 4.83. The van der Waals surface area contributed by atoms with Crippen molar-refractivity contribution in [3.8, 4) is 0 Å². The van der Waals surface area contributed by atoms with E-state index in [9.17, 15) is 8.78 Å². The van der Waals surface area contributed by atoms with Crippen LogP contribution in [0.2, 0.25) is 0 Å². The molecule has 1 atom stereocenters. The summed E-state index contributed by atoms with van der Waals surface area (Å²) >= 11 is 1.74. The van der Waals surface area contributed by atoms with E-state index >= 15 is 0 Å². The third-order valence-corrected chi connectivity index (χ3v) is 2.65. The highest BCUT2D eigenvalue weighted by Crippen LogP contribution is 2.32. The average molecular weight is 244 g/mol. The van der Waals surface area contributed by atoms with E-state index in [0.29, 0.717) is 19.3 Å². The number of allylic oxidation sites excluding steroid dienone is 2. The molecule has 0 spiro atoms. The van der Waals surface area contributed by atoms with Gasteiger partial charge in [0.1, 0.15) is 12.0 Å². The van der Waals surface area contributed by atoms with Crippen LogP contribution < -0.4 is 0 Å². The van der Waals surface area contributed by atoms with Gasteiger partial charge in [0.05, 0.1) is 3.58 Å². The molecule has 0 amide bonds. The zero-order chi connectivity index (χ0) is 6.85. The van der Waals surface area contributed by atoms with Gasteiger partial charge in [-0.05, 0) is 35.4 Å². The summed E-state index contributed by atoms with van der Waals surface area (Å²) in [7, 11) is 0. The minimum atomic E-state index is -1.03. The van der Waals surface area contributed by atoms with Crippen LogP contribution in [0, 0.1) is 0 Å². The highest BCUT2D eigenvalue weighted by atomic mass is 127. The lowest BCUT2D eigenvalue weighted by Crippen LogP contribution is -2.06. The van der Waals surface area contributed by atoms with Crippen LogP contribution in [-0.2, 0) is 0 Å². The molecular weight excluding hydrogens is 237 g/mol. The maximum atomic E-state index is 12.5. The molecule has 1 aliphatic rings. The molecule has 0 nitrogen and oxygen atoms in total. The molecule has 0 aromatic heterocycles. The fourth-order valence-electron chi connectivity index (χ4n) is 0.853. The summed E-state index contributed by atoms with van der Waals surface area (Å²) in [4.78, 5) is 0. The second kappa shape index (κ2) is 2.94. The SMILES string of the molecule is FC1=C(I)C(F)CCC1. The van der Waals surface area contributed by atoms with Gasteiger partial charge in [0.25, 0.3) is 0 Å². The van der Waals surface area contributed by atoms with Gasteiger partial charge in [0.2, 0.25) is 0 Å². The molecule has 1 unspecified atom stereocenters. The fraction of sp³-hybridized carbons (Fsp3) is 0.667. The normalized spacial score (nSPS) is 29.0. The quantitative estimate of drug-likeness (QED) is 0.574. The van der Waals surface area contributed by atoms with Crippen LogP contribution in [0.1, 0.15) is 19.3 Å². The Labute approximate surface area is 66.5 Å². The maximum Gasteiger partial charge on any atom is 0.133 e. The van der Waals surface area contributed by atoms with Gasteiger partial charge in [-0.1, -0.05) is 0 Å². The first-order valence-electron chi connectivity index (χ1n) is 2.90. The predicted molar refractivity (Wildman–Crippen MR) is 40.9 cm³/mol. The number of hydrogen-bond donors (Lipinski definition) is 0. The smallest absolute Gasteiger partial charge is 0.133 e. The summed E-state index contributed by atoms with van der Waals surface area (Å²) in [5.74, 6) is -0.255. The lowest BCUT2D eigenvalue weighted by Gasteiger charge is -2.13. The molecule has 0 fully saturated rings. The molecule has 0 heterocycles. The first-order chi connectivity index (χ1) is 4.22. The highest BCUT2D eigenvalue weighted by Gasteiger charge is 2.19. The van der Waals surface area contributed by atoms with Gasteiger partial charge in [-0.3, -0.25) is 0 Å². The Morgan fingerprint density at radius 2 is 2.22 bits per heavy atom. The topological polar surface area (TPSA) is 0 Å². The summed E-state index contributed by atoms with van der Waals surface area (Å²) in [6.45, 7) is 0. The summed E-state index contributed by atoms with van der Waals surface area (Å²) in [6.07, 6.45) is 0.545. The van der Waals surface area contributed by atoms with Crippen molar-refractivity contribution in [3.63, 3.8) is 0 Å². The van der Waals surface area contributed by atoms with E-state index in [1.165, 1.54) is 0 Å². The Bertz CT molecular complexity index is 142. The van der Waals surface area contributed by atoms with Crippen LogP contribution in [0.15, 0.2) is 9.41 Å². The number of rotatable bonds is 0. The molecule has 1 aliphatic carbocycles. The maximum absolute atomic E-state index is 12.5. The van der Waals surface area contributed by atoms with Crippen LogP contribution in [0.25, 0.3) is 0 Å². The van der Waals surface area contributed by atoms with Crippen LogP contribution in [0.4, 0.5) is 8.78 Å². The second-order valence-electron chi connectivity index (χ2n) is 2.11. The lowest BCUT2D eigenvalue weighted by molar-refractivity contribution is 0.337. The summed E-state index contributed by atoms with van der Waals surface area (Å²) in [5.41, 5.74) is 0. The molecule has 0 bridgehead atoms. The molecule has 0 aromatic carbocycles. The molecule has 0 aliphatic heterocycles. The highest BCUT2D eigenvalue weighted by molar-refractivity contribution is 14.1. The van der Waals surface area contributed by atoms with Crippen molar-refractivity contribution >= 4 is 22.6 Å². The van der Waals surface area contributed by atoms with E-state index in [4.69, 9.17) is 0 Å². The van der Waals surface area contributed by atoms with Crippen molar-refractivity contribution in [1.29, 1.82) is 0 Å². The summed E-state index contributed by atoms with van der Waals surface area (Å²) < 4.78 is 25.3. The zero-order valence-corrected chi connectivity index (χ0v) is 6.99. The van der Waals surface area contributed by atoms with Crippen LogP contribution >= 0.6 is 22.6 Å². The van der Waals surface area contributed by atoms with Gasteiger partial charge >= 0.3 is 0 Å². The number of alkyl halides is 1. The molecule has 3 heteroatoms. The first kappa shape index (κ1) is 7.44. The van der Waals surface area contributed by atoms with Crippen molar-refractivity contribution in [2.24, 2.45) is 0 Å². The Kier molecular flexibility index (Phi) is 2.43. The minimum Gasteiger partial charge on any atom is -0.242 e. The van der Waals surface area contributed by atoms with Crippen molar-refractivity contribution in [1.82, 2.24) is 0 Å². The molecule has 52 valence electrons. The summed E-state index contributed by atoms with van der Waals surface area (Å²) in [5, 5.41) is 0. The summed E-state index contributed by atoms with van der Waals surface area (Å²) in [6, 6.07) is 0. The van der Waals surface area contributed by atoms with E-state index in [1.54, 1.807) is 22.6 Å². The molecule has 1 rings (SSSR count). The first-order valence-corrected chi connectivity index (χ1v) is 3.98. The monoisotopic (exact) mass is 244 g/mol. The van der Waals surface area contributed by atoms with Gasteiger partial charge in [-0.2, -0.15) is 0 Å². The molecule has 0 N–H and O–H groups in total. The largest absolute Gasteiger partial charge is 0.242 e. The molecule has 0 saturated carbocycles. The van der Waals surface area contributed by atoms with Gasteiger partial charge in [0.15, 0.2) is 0 Å². The Hall–Kier alpha value is 0.330. The third-order valence-electron chi connectivity index (χ3n) is 1.39. The standard InChI is InChI=1S/C6H7F2I/c7-4-2-1-3-5(8)6(4)9/h4H,1-3H2. The second-order valence-corrected chi connectivity index (χ2v) is 3.27. The predicted octanol–water partition coefficient (Wildman–Crippen LogP) is 3.12.